The number of hydrogen-bond donors (Lipinski definition) is 4. The average molecular weight is 693 g/mol. The van der Waals surface area contributed by atoms with Crippen LogP contribution in [0.5, 0.6) is 0 Å². The Morgan fingerprint density at radius 1 is 0.860 bits per heavy atom. The van der Waals surface area contributed by atoms with Crippen molar-refractivity contribution in [1.29, 1.82) is 0 Å². The molecule has 1 aliphatic rings. The molecule has 4 amide bonds. The smallest absolute Gasteiger partial charge is 0.408 e. The number of nitrogens with one attached hydrogen (secondary N) is 4. The van der Waals surface area contributed by atoms with Crippen LogP contribution in [0.3, 0.4) is 0 Å². The SMILES string of the molecule is CC(C)C[C@H](NC(=O)[C@@H](NC(=O)OCc1ccccc1)C(C)OC(C)(C)C)C(=O)N[C@H](/C=C/C(=O)OCc1ccccc1)C[C@@H]1CCNC1=O. The molecular formula is C38H52N4O8. The van der Waals surface area contributed by atoms with Crippen molar-refractivity contribution in [2.75, 3.05) is 6.54 Å². The highest BCUT2D eigenvalue weighted by atomic mass is 16.6. The molecule has 0 aliphatic carbocycles. The van der Waals surface area contributed by atoms with Crippen molar-refractivity contribution in [2.24, 2.45) is 11.8 Å². The Morgan fingerprint density at radius 3 is 2.00 bits per heavy atom. The number of carbonyl (C=O) groups is 5. The number of rotatable bonds is 17. The lowest BCUT2D eigenvalue weighted by Crippen LogP contribution is -2.59. The number of benzene rings is 2. The summed E-state index contributed by atoms with van der Waals surface area (Å²) >= 11 is 0. The fourth-order valence-electron chi connectivity index (χ4n) is 5.49. The van der Waals surface area contributed by atoms with Gasteiger partial charge in [0.1, 0.15) is 25.3 Å². The summed E-state index contributed by atoms with van der Waals surface area (Å²) in [5.41, 5.74) is 0.962. The van der Waals surface area contributed by atoms with Crippen LogP contribution in [0, 0.1) is 11.8 Å². The van der Waals surface area contributed by atoms with Crippen molar-refractivity contribution in [1.82, 2.24) is 21.3 Å². The Labute approximate surface area is 295 Å². The average Bonchev–Trinajstić information content (AvgIpc) is 3.47. The van der Waals surface area contributed by atoms with Crippen LogP contribution in [-0.2, 0) is 46.6 Å². The van der Waals surface area contributed by atoms with Crippen LogP contribution in [0.2, 0.25) is 0 Å². The zero-order valence-electron chi connectivity index (χ0n) is 29.9. The molecule has 0 saturated carbocycles. The summed E-state index contributed by atoms with van der Waals surface area (Å²) in [4.78, 5) is 65.5. The van der Waals surface area contributed by atoms with Gasteiger partial charge in [-0.1, -0.05) is 80.6 Å². The third kappa shape index (κ3) is 14.4. The molecule has 1 saturated heterocycles. The summed E-state index contributed by atoms with van der Waals surface area (Å²) in [6.07, 6.45) is 2.25. The van der Waals surface area contributed by atoms with Gasteiger partial charge < -0.3 is 35.5 Å². The predicted molar refractivity (Wildman–Crippen MR) is 188 cm³/mol. The van der Waals surface area contributed by atoms with Crippen LogP contribution in [0.15, 0.2) is 72.8 Å². The molecule has 1 fully saturated rings. The Hall–Kier alpha value is -4.71. The molecule has 2 aromatic carbocycles. The van der Waals surface area contributed by atoms with E-state index in [1.165, 1.54) is 12.2 Å². The lowest BCUT2D eigenvalue weighted by Gasteiger charge is -2.32. The summed E-state index contributed by atoms with van der Waals surface area (Å²) in [7, 11) is 0. The molecule has 0 radical (unpaired) electrons. The normalized spacial score (nSPS) is 16.9. The number of carbonyl (C=O) groups excluding carboxylic acids is 5. The lowest BCUT2D eigenvalue weighted by molar-refractivity contribution is -0.139. The maximum absolute atomic E-state index is 13.8. The third-order valence-electron chi connectivity index (χ3n) is 7.83. The second-order valence-electron chi connectivity index (χ2n) is 13.9. The standard InChI is InChI=1S/C38H52N4O8/c1-25(2)21-31(41-36(46)33(26(3)50-38(4,5)6)42-37(47)49-24-28-15-11-8-12-16-28)35(45)40-30(22-29-19-20-39-34(29)44)17-18-32(43)48-23-27-13-9-7-10-14-27/h7-18,25-26,29-31,33H,19-24H2,1-6H3,(H,39,44)(H,40,45)(H,41,46)(H,42,47)/b18-17+/t26?,29-,30+,31-,33-/m0/s1. The number of ether oxygens (including phenoxy) is 3. The molecule has 1 aliphatic heterocycles. The summed E-state index contributed by atoms with van der Waals surface area (Å²) < 4.78 is 16.8. The van der Waals surface area contributed by atoms with Gasteiger partial charge in [0.15, 0.2) is 0 Å². The van der Waals surface area contributed by atoms with E-state index in [4.69, 9.17) is 14.2 Å². The molecule has 50 heavy (non-hydrogen) atoms. The third-order valence-corrected chi connectivity index (χ3v) is 7.83. The Balaban J connectivity index is 1.74. The number of hydrogen-bond acceptors (Lipinski definition) is 8. The molecule has 272 valence electrons. The van der Waals surface area contributed by atoms with E-state index in [0.717, 1.165) is 11.1 Å². The fraction of sp³-hybridized carbons (Fsp3) is 0.500. The monoisotopic (exact) mass is 692 g/mol. The first-order valence-corrected chi connectivity index (χ1v) is 17.1. The summed E-state index contributed by atoms with van der Waals surface area (Å²) in [6.45, 7) is 11.6. The summed E-state index contributed by atoms with van der Waals surface area (Å²) in [5.74, 6) is -2.24. The minimum atomic E-state index is -1.20. The number of alkyl carbamates (subject to hydrolysis) is 1. The zero-order chi connectivity index (χ0) is 36.7. The van der Waals surface area contributed by atoms with Crippen LogP contribution in [0.1, 0.15) is 71.9 Å². The highest BCUT2D eigenvalue weighted by molar-refractivity contribution is 5.92. The first-order valence-electron chi connectivity index (χ1n) is 17.1. The molecule has 3 rings (SSSR count). The molecule has 12 heteroatoms. The van der Waals surface area contributed by atoms with Crippen molar-refractivity contribution in [3.8, 4) is 0 Å². The van der Waals surface area contributed by atoms with E-state index >= 15 is 0 Å². The van der Waals surface area contributed by atoms with Crippen LogP contribution in [0.25, 0.3) is 0 Å². The molecule has 4 N–H and O–H groups in total. The highest BCUT2D eigenvalue weighted by Gasteiger charge is 2.35. The maximum Gasteiger partial charge on any atom is 0.408 e. The van der Waals surface area contributed by atoms with E-state index < -0.39 is 53.7 Å². The maximum atomic E-state index is 13.8. The summed E-state index contributed by atoms with van der Waals surface area (Å²) in [6, 6.07) is 15.4. The van der Waals surface area contributed by atoms with Crippen molar-refractivity contribution < 1.29 is 38.2 Å². The van der Waals surface area contributed by atoms with Crippen molar-refractivity contribution in [3.63, 3.8) is 0 Å². The van der Waals surface area contributed by atoms with Gasteiger partial charge in [-0.25, -0.2) is 9.59 Å². The second kappa shape index (κ2) is 19.5. The molecule has 1 heterocycles. The van der Waals surface area contributed by atoms with Crippen molar-refractivity contribution >= 4 is 29.8 Å². The summed E-state index contributed by atoms with van der Waals surface area (Å²) in [5, 5.41) is 11.1. The van der Waals surface area contributed by atoms with E-state index in [0.29, 0.717) is 13.0 Å². The Bertz CT molecular complexity index is 1440. The van der Waals surface area contributed by atoms with Crippen LogP contribution < -0.4 is 21.3 Å². The molecule has 0 aromatic heterocycles. The van der Waals surface area contributed by atoms with E-state index in [1.54, 1.807) is 6.92 Å². The van der Waals surface area contributed by atoms with Gasteiger partial charge in [-0.05, 0) is 64.0 Å². The molecule has 0 spiro atoms. The van der Waals surface area contributed by atoms with E-state index in [1.807, 2.05) is 95.3 Å². The first-order chi connectivity index (χ1) is 23.7. The van der Waals surface area contributed by atoms with Crippen LogP contribution in [-0.4, -0.2) is 66.2 Å². The van der Waals surface area contributed by atoms with Gasteiger partial charge in [0.25, 0.3) is 0 Å². The van der Waals surface area contributed by atoms with Crippen LogP contribution >= 0.6 is 0 Å². The topological polar surface area (TPSA) is 161 Å². The van der Waals surface area contributed by atoms with Gasteiger partial charge in [0, 0.05) is 24.6 Å². The lowest BCUT2D eigenvalue weighted by atomic mass is 9.96. The minimum absolute atomic E-state index is 0.000822. The van der Waals surface area contributed by atoms with E-state index in [2.05, 4.69) is 21.3 Å². The number of esters is 1. The predicted octanol–water partition coefficient (Wildman–Crippen LogP) is 4.33. The second-order valence-corrected chi connectivity index (χ2v) is 13.9. The van der Waals surface area contributed by atoms with Crippen LogP contribution in [0.4, 0.5) is 4.79 Å². The minimum Gasteiger partial charge on any atom is -0.458 e. The van der Waals surface area contributed by atoms with Gasteiger partial charge in [0.2, 0.25) is 17.7 Å². The first kappa shape index (κ1) is 39.7. The zero-order valence-corrected chi connectivity index (χ0v) is 29.9. The highest BCUT2D eigenvalue weighted by Crippen LogP contribution is 2.18. The van der Waals surface area contributed by atoms with Gasteiger partial charge in [-0.3, -0.25) is 14.4 Å². The quantitative estimate of drug-likeness (QED) is 0.141. The Kier molecular flexibility index (Phi) is 15.5. The molecule has 12 nitrogen and oxygen atoms in total. The van der Waals surface area contributed by atoms with Crippen molar-refractivity contribution in [2.45, 2.75) is 104 Å². The van der Waals surface area contributed by atoms with E-state index in [9.17, 15) is 24.0 Å². The molecule has 1 unspecified atom stereocenters. The van der Waals surface area contributed by atoms with Gasteiger partial charge in [0.05, 0.1) is 11.7 Å². The molecule has 5 atom stereocenters. The molecular weight excluding hydrogens is 640 g/mol. The Morgan fingerprint density at radius 2 is 1.46 bits per heavy atom. The largest absolute Gasteiger partial charge is 0.458 e. The van der Waals surface area contributed by atoms with Gasteiger partial charge in [-0.2, -0.15) is 0 Å². The number of amides is 4. The van der Waals surface area contributed by atoms with Gasteiger partial charge >= 0.3 is 12.1 Å². The fourth-order valence-corrected chi connectivity index (χ4v) is 5.49. The molecule has 2 aromatic rings. The molecule has 0 bridgehead atoms. The van der Waals surface area contributed by atoms with Gasteiger partial charge in [-0.15, -0.1) is 0 Å². The van der Waals surface area contributed by atoms with E-state index in [-0.39, 0.29) is 43.8 Å². The van der Waals surface area contributed by atoms with Crippen molar-refractivity contribution in [3.05, 3.63) is 83.9 Å².